The van der Waals surface area contributed by atoms with Gasteiger partial charge in [-0.2, -0.15) is 4.31 Å². The van der Waals surface area contributed by atoms with E-state index < -0.39 is 16.0 Å². The first-order chi connectivity index (χ1) is 18.7. The molecule has 1 aliphatic heterocycles. The van der Waals surface area contributed by atoms with Gasteiger partial charge >= 0.3 is 5.97 Å². The molecule has 0 radical (unpaired) electrons. The van der Waals surface area contributed by atoms with Gasteiger partial charge in [-0.15, -0.1) is 11.3 Å². The summed E-state index contributed by atoms with van der Waals surface area (Å²) in [6, 6.07) is 11.2. The number of carbonyl (C=O) groups is 1. The van der Waals surface area contributed by atoms with Crippen molar-refractivity contribution < 1.29 is 22.7 Å². The van der Waals surface area contributed by atoms with E-state index in [-0.39, 0.29) is 4.90 Å². The van der Waals surface area contributed by atoms with Crippen LogP contribution in [0.5, 0.6) is 5.75 Å². The molecule has 1 aliphatic rings. The number of anilines is 2. The van der Waals surface area contributed by atoms with Gasteiger partial charge in [0.2, 0.25) is 10.0 Å². The number of hydrogen-bond acceptors (Lipinski definition) is 9. The number of ether oxygens (including phenoxy) is 2. The fourth-order valence-corrected chi connectivity index (χ4v) is 6.82. The van der Waals surface area contributed by atoms with Crippen molar-refractivity contribution in [3.8, 4) is 16.9 Å². The summed E-state index contributed by atoms with van der Waals surface area (Å²) in [6.45, 7) is 9.23. The Kier molecular flexibility index (Phi) is 9.27. The zero-order valence-corrected chi connectivity index (χ0v) is 24.8. The molecule has 3 aromatic rings. The number of aromatic nitrogens is 1. The van der Waals surface area contributed by atoms with Crippen LogP contribution in [0.15, 0.2) is 46.7 Å². The lowest BCUT2D eigenvalue weighted by Gasteiger charge is -2.31. The van der Waals surface area contributed by atoms with E-state index in [9.17, 15) is 13.2 Å². The number of methoxy groups -OCH3 is 1. The number of nitrogens with zero attached hydrogens (tertiary/aromatic N) is 4. The highest BCUT2D eigenvalue weighted by molar-refractivity contribution is 7.89. The van der Waals surface area contributed by atoms with Crippen molar-refractivity contribution >= 4 is 38.1 Å². The number of piperazine rings is 1. The van der Waals surface area contributed by atoms with E-state index >= 15 is 0 Å². The van der Waals surface area contributed by atoms with Crippen molar-refractivity contribution in [1.29, 1.82) is 0 Å². The highest BCUT2D eigenvalue weighted by atomic mass is 32.2. The summed E-state index contributed by atoms with van der Waals surface area (Å²) >= 11 is 1.40. The van der Waals surface area contributed by atoms with E-state index in [1.54, 1.807) is 31.5 Å². The van der Waals surface area contributed by atoms with E-state index in [4.69, 9.17) is 9.47 Å². The van der Waals surface area contributed by atoms with Crippen molar-refractivity contribution in [2.24, 2.45) is 0 Å². The summed E-state index contributed by atoms with van der Waals surface area (Å²) < 4.78 is 39.0. The third kappa shape index (κ3) is 6.27. The summed E-state index contributed by atoms with van der Waals surface area (Å²) in [7, 11) is -0.0791. The zero-order valence-electron chi connectivity index (χ0n) is 23.1. The van der Waals surface area contributed by atoms with E-state index in [0.717, 1.165) is 28.8 Å². The van der Waals surface area contributed by atoms with Crippen LogP contribution in [0.4, 0.5) is 10.8 Å². The van der Waals surface area contributed by atoms with Gasteiger partial charge < -0.3 is 19.3 Å². The van der Waals surface area contributed by atoms with Crippen LogP contribution in [-0.4, -0.2) is 82.1 Å². The number of thiazole rings is 1. The summed E-state index contributed by atoms with van der Waals surface area (Å²) in [4.78, 5) is 21.2. The Bertz CT molecular complexity index is 1420. The molecule has 0 saturated carbocycles. The topological polar surface area (TPSA) is 92.3 Å². The number of hydrogen-bond donors (Lipinski definition) is 0. The van der Waals surface area contributed by atoms with E-state index in [2.05, 4.69) is 27.8 Å². The molecule has 0 amide bonds. The van der Waals surface area contributed by atoms with E-state index in [1.165, 1.54) is 15.6 Å². The average molecular weight is 573 g/mol. The molecular formula is C28H36N4O5S2. The molecule has 1 saturated heterocycles. The second kappa shape index (κ2) is 12.5. The summed E-state index contributed by atoms with van der Waals surface area (Å²) in [6.07, 6.45) is 0.875. The Balaban J connectivity index is 1.69. The van der Waals surface area contributed by atoms with Gasteiger partial charge in [0, 0.05) is 55.4 Å². The number of likely N-dealkylation sites (N-methyl/N-ethyl adjacent to an activating group) is 1. The van der Waals surface area contributed by atoms with Crippen molar-refractivity contribution in [3.63, 3.8) is 0 Å². The predicted octanol–water partition coefficient (Wildman–Crippen LogP) is 4.79. The number of esters is 1. The van der Waals surface area contributed by atoms with Gasteiger partial charge in [0.1, 0.15) is 5.75 Å². The second-order valence-electron chi connectivity index (χ2n) is 9.46. The minimum atomic E-state index is -3.62. The number of carbonyl (C=O) groups excluding carboxylic acids is 1. The quantitative estimate of drug-likeness (QED) is 0.320. The average Bonchev–Trinajstić information content (AvgIpc) is 3.42. The minimum absolute atomic E-state index is 0.224. The lowest BCUT2D eigenvalue weighted by molar-refractivity contribution is 0.0520. The number of aryl methyl sites for hydroxylation is 1. The molecule has 0 atom stereocenters. The minimum Gasteiger partial charge on any atom is -0.496 e. The Morgan fingerprint density at radius 2 is 1.85 bits per heavy atom. The van der Waals surface area contributed by atoms with Gasteiger partial charge in [-0.1, -0.05) is 19.1 Å². The Labute approximate surface area is 235 Å². The molecule has 4 rings (SSSR count). The highest BCUT2D eigenvalue weighted by Crippen LogP contribution is 2.38. The zero-order chi connectivity index (χ0) is 28.2. The van der Waals surface area contributed by atoms with Gasteiger partial charge in [-0.25, -0.2) is 18.2 Å². The normalized spacial score (nSPS) is 14.8. The van der Waals surface area contributed by atoms with Crippen LogP contribution in [0.2, 0.25) is 0 Å². The van der Waals surface area contributed by atoms with Crippen molar-refractivity contribution in [2.75, 3.05) is 58.4 Å². The molecule has 39 heavy (non-hydrogen) atoms. The molecule has 1 fully saturated rings. The van der Waals surface area contributed by atoms with Crippen molar-refractivity contribution in [2.45, 2.75) is 32.1 Å². The lowest BCUT2D eigenvalue weighted by atomic mass is 10.0. The predicted molar refractivity (Wildman–Crippen MR) is 155 cm³/mol. The summed E-state index contributed by atoms with van der Waals surface area (Å²) in [5.41, 5.74) is 3.98. The molecule has 0 bridgehead atoms. The summed E-state index contributed by atoms with van der Waals surface area (Å²) in [5.74, 6) is 0.0548. The molecule has 0 aliphatic carbocycles. The smallest absolute Gasteiger partial charge is 0.357 e. The van der Waals surface area contributed by atoms with Gasteiger partial charge in [0.15, 0.2) is 10.8 Å². The molecule has 2 aromatic carbocycles. The number of benzene rings is 2. The third-order valence-corrected chi connectivity index (χ3v) is 9.50. The fourth-order valence-electron chi connectivity index (χ4n) is 4.55. The molecule has 11 heteroatoms. The van der Waals surface area contributed by atoms with Crippen LogP contribution in [0.3, 0.4) is 0 Å². The molecule has 1 aromatic heterocycles. The SMILES string of the molecule is CCCN(c1nc(C(=O)OCC)cs1)c1cc(-c2ccc(S(=O)(=O)N3CCN(C)CC3)cc2OC)ccc1C. The standard InChI is InChI=1S/C28H36N4O5S2/c1-6-12-32(28-29-24(19-38-28)27(33)37-7-2)25-17-21(9-8-20(25)3)23-11-10-22(18-26(23)36-5)39(34,35)31-15-13-30(4)14-16-31/h8-11,17-19H,6-7,12-16H2,1-5H3. The third-order valence-electron chi connectivity index (χ3n) is 6.74. The monoisotopic (exact) mass is 572 g/mol. The first kappa shape index (κ1) is 29.0. The Morgan fingerprint density at radius 1 is 1.10 bits per heavy atom. The molecule has 0 N–H and O–H groups in total. The molecule has 210 valence electrons. The maximum atomic E-state index is 13.3. The van der Waals surface area contributed by atoms with Gasteiger partial charge in [0.25, 0.3) is 0 Å². The van der Waals surface area contributed by atoms with Crippen molar-refractivity contribution in [1.82, 2.24) is 14.2 Å². The fraction of sp³-hybridized carbons (Fsp3) is 0.429. The summed E-state index contributed by atoms with van der Waals surface area (Å²) in [5, 5.41) is 2.43. The van der Waals surface area contributed by atoms with Gasteiger partial charge in [-0.05, 0) is 56.6 Å². The Hall–Kier alpha value is -2.99. The van der Waals surface area contributed by atoms with Gasteiger partial charge in [0.05, 0.1) is 18.6 Å². The maximum absolute atomic E-state index is 13.3. The van der Waals surface area contributed by atoms with Crippen LogP contribution in [-0.2, 0) is 14.8 Å². The first-order valence-electron chi connectivity index (χ1n) is 13.1. The molecule has 0 unspecified atom stereocenters. The number of sulfonamides is 1. The van der Waals surface area contributed by atoms with Crippen LogP contribution in [0.25, 0.3) is 11.1 Å². The van der Waals surface area contributed by atoms with Crippen LogP contribution in [0.1, 0.15) is 36.3 Å². The molecule has 2 heterocycles. The molecular weight excluding hydrogens is 536 g/mol. The lowest BCUT2D eigenvalue weighted by Crippen LogP contribution is -2.47. The Morgan fingerprint density at radius 3 is 2.51 bits per heavy atom. The van der Waals surface area contributed by atoms with Crippen LogP contribution >= 0.6 is 11.3 Å². The van der Waals surface area contributed by atoms with E-state index in [0.29, 0.717) is 55.9 Å². The van der Waals surface area contributed by atoms with E-state index in [1.807, 2.05) is 32.2 Å². The van der Waals surface area contributed by atoms with Crippen LogP contribution in [0, 0.1) is 6.92 Å². The van der Waals surface area contributed by atoms with Crippen LogP contribution < -0.4 is 9.64 Å². The van der Waals surface area contributed by atoms with Crippen molar-refractivity contribution in [3.05, 3.63) is 53.0 Å². The second-order valence-corrected chi connectivity index (χ2v) is 12.2. The first-order valence-corrected chi connectivity index (χ1v) is 15.4. The largest absolute Gasteiger partial charge is 0.496 e. The molecule has 0 spiro atoms. The number of rotatable bonds is 10. The van der Waals surface area contributed by atoms with Gasteiger partial charge in [-0.3, -0.25) is 0 Å². The highest BCUT2D eigenvalue weighted by Gasteiger charge is 2.28. The maximum Gasteiger partial charge on any atom is 0.357 e. The molecule has 9 nitrogen and oxygen atoms in total.